The number of imidazole rings is 1. The van der Waals surface area contributed by atoms with Crippen molar-refractivity contribution >= 4 is 5.91 Å². The summed E-state index contributed by atoms with van der Waals surface area (Å²) in [5, 5.41) is 3.14. The van der Waals surface area contributed by atoms with E-state index in [1.807, 2.05) is 31.5 Å². The second-order valence-corrected chi connectivity index (χ2v) is 4.29. The third-order valence-corrected chi connectivity index (χ3v) is 2.85. The van der Waals surface area contributed by atoms with Crippen LogP contribution in [-0.4, -0.2) is 27.5 Å². The number of nitrogens with two attached hydrogens (primary N) is 1. The van der Waals surface area contributed by atoms with Crippen molar-refractivity contribution in [2.45, 2.75) is 38.8 Å². The van der Waals surface area contributed by atoms with Crippen LogP contribution in [0.4, 0.5) is 0 Å². The van der Waals surface area contributed by atoms with Gasteiger partial charge in [0.05, 0.1) is 11.9 Å². The van der Waals surface area contributed by atoms with E-state index in [0.717, 1.165) is 6.54 Å². The van der Waals surface area contributed by atoms with E-state index in [1.165, 1.54) is 0 Å². The monoisotopic (exact) mass is 224 g/mol. The standard InChI is InChI=1S/C11H20N4O/c1-4-14-11(3,10(12)16)7-9(2)15-6-5-13-8-15/h5-6,8-9,14H,4,7H2,1-3H3,(H2,12,16). The molecule has 0 aliphatic heterocycles. The average molecular weight is 224 g/mol. The van der Waals surface area contributed by atoms with E-state index in [9.17, 15) is 4.79 Å². The Kier molecular flexibility index (Phi) is 4.06. The van der Waals surface area contributed by atoms with Gasteiger partial charge in [-0.3, -0.25) is 4.79 Å². The number of nitrogens with one attached hydrogen (secondary N) is 1. The van der Waals surface area contributed by atoms with E-state index in [1.54, 1.807) is 12.5 Å². The Labute approximate surface area is 96.0 Å². The second kappa shape index (κ2) is 5.12. The third kappa shape index (κ3) is 2.82. The SMILES string of the molecule is CCNC(C)(CC(C)n1ccnc1)C(N)=O. The van der Waals surface area contributed by atoms with Crippen molar-refractivity contribution in [2.24, 2.45) is 5.73 Å². The van der Waals surface area contributed by atoms with Gasteiger partial charge in [0.2, 0.25) is 5.91 Å². The second-order valence-electron chi connectivity index (χ2n) is 4.29. The Morgan fingerprint density at radius 2 is 2.38 bits per heavy atom. The summed E-state index contributed by atoms with van der Waals surface area (Å²) in [4.78, 5) is 15.4. The molecule has 90 valence electrons. The van der Waals surface area contributed by atoms with Gasteiger partial charge in [0, 0.05) is 18.4 Å². The van der Waals surface area contributed by atoms with Crippen LogP contribution in [0.3, 0.4) is 0 Å². The number of primary amides is 1. The number of rotatable bonds is 6. The Hall–Kier alpha value is -1.36. The molecule has 1 aromatic heterocycles. The number of hydrogen-bond acceptors (Lipinski definition) is 3. The summed E-state index contributed by atoms with van der Waals surface area (Å²) in [5.41, 5.74) is 4.76. The lowest BCUT2D eigenvalue weighted by Crippen LogP contribution is -2.54. The molecule has 5 nitrogen and oxygen atoms in total. The van der Waals surface area contributed by atoms with Crippen molar-refractivity contribution in [3.63, 3.8) is 0 Å². The maximum atomic E-state index is 11.5. The first kappa shape index (κ1) is 12.7. The molecule has 5 heteroatoms. The first-order chi connectivity index (χ1) is 7.49. The quantitative estimate of drug-likeness (QED) is 0.746. The smallest absolute Gasteiger partial charge is 0.237 e. The van der Waals surface area contributed by atoms with Gasteiger partial charge in [0.1, 0.15) is 0 Å². The summed E-state index contributed by atoms with van der Waals surface area (Å²) < 4.78 is 1.97. The summed E-state index contributed by atoms with van der Waals surface area (Å²) in [6, 6.07) is 0.180. The topological polar surface area (TPSA) is 72.9 Å². The van der Waals surface area contributed by atoms with E-state index >= 15 is 0 Å². The molecule has 2 unspecified atom stereocenters. The van der Waals surface area contributed by atoms with E-state index in [0.29, 0.717) is 6.42 Å². The number of amides is 1. The average Bonchev–Trinajstić information content (AvgIpc) is 2.70. The first-order valence-corrected chi connectivity index (χ1v) is 5.52. The molecule has 1 aromatic rings. The fourth-order valence-electron chi connectivity index (χ4n) is 1.88. The van der Waals surface area contributed by atoms with E-state index < -0.39 is 5.54 Å². The van der Waals surface area contributed by atoms with Crippen molar-refractivity contribution in [1.82, 2.24) is 14.9 Å². The molecule has 0 aliphatic carbocycles. The molecule has 1 rings (SSSR count). The zero-order valence-corrected chi connectivity index (χ0v) is 10.1. The van der Waals surface area contributed by atoms with Gasteiger partial charge in [0.25, 0.3) is 0 Å². The van der Waals surface area contributed by atoms with Crippen LogP contribution in [0.5, 0.6) is 0 Å². The van der Waals surface area contributed by atoms with Crippen LogP contribution in [0.1, 0.15) is 33.2 Å². The number of carbonyl (C=O) groups excluding carboxylic acids is 1. The van der Waals surface area contributed by atoms with Gasteiger partial charge >= 0.3 is 0 Å². The Morgan fingerprint density at radius 3 is 2.81 bits per heavy atom. The van der Waals surface area contributed by atoms with Crippen LogP contribution in [0.25, 0.3) is 0 Å². The number of hydrogen-bond donors (Lipinski definition) is 2. The normalized spacial score (nSPS) is 16.7. The minimum Gasteiger partial charge on any atom is -0.368 e. The van der Waals surface area contributed by atoms with Crippen molar-refractivity contribution in [3.8, 4) is 0 Å². The van der Waals surface area contributed by atoms with Gasteiger partial charge in [-0.1, -0.05) is 6.92 Å². The molecule has 0 bridgehead atoms. The summed E-state index contributed by atoms with van der Waals surface area (Å²) >= 11 is 0. The molecular formula is C11H20N4O. The largest absolute Gasteiger partial charge is 0.368 e. The van der Waals surface area contributed by atoms with E-state index in [2.05, 4.69) is 10.3 Å². The third-order valence-electron chi connectivity index (χ3n) is 2.85. The highest BCUT2D eigenvalue weighted by Crippen LogP contribution is 2.20. The molecular weight excluding hydrogens is 204 g/mol. The van der Waals surface area contributed by atoms with Gasteiger partial charge in [-0.25, -0.2) is 4.98 Å². The van der Waals surface area contributed by atoms with E-state index in [4.69, 9.17) is 5.73 Å². The summed E-state index contributed by atoms with van der Waals surface area (Å²) in [6.07, 6.45) is 6.01. The van der Waals surface area contributed by atoms with Crippen molar-refractivity contribution in [3.05, 3.63) is 18.7 Å². The molecule has 0 radical (unpaired) electrons. The lowest BCUT2D eigenvalue weighted by atomic mass is 9.92. The molecule has 0 saturated carbocycles. The first-order valence-electron chi connectivity index (χ1n) is 5.52. The highest BCUT2D eigenvalue weighted by atomic mass is 16.1. The summed E-state index contributed by atoms with van der Waals surface area (Å²) in [6.45, 7) is 6.56. The minimum absolute atomic E-state index is 0.180. The molecule has 0 aromatic carbocycles. The highest BCUT2D eigenvalue weighted by molar-refractivity contribution is 5.84. The minimum atomic E-state index is -0.668. The van der Waals surface area contributed by atoms with Crippen LogP contribution >= 0.6 is 0 Å². The zero-order chi connectivity index (χ0) is 12.2. The number of nitrogens with zero attached hydrogens (tertiary/aromatic N) is 2. The number of carbonyl (C=O) groups is 1. The maximum Gasteiger partial charge on any atom is 0.237 e. The molecule has 0 saturated heterocycles. The molecule has 0 spiro atoms. The maximum absolute atomic E-state index is 11.5. The molecule has 1 heterocycles. The van der Waals surface area contributed by atoms with Crippen LogP contribution in [-0.2, 0) is 4.79 Å². The van der Waals surface area contributed by atoms with Crippen LogP contribution in [0.15, 0.2) is 18.7 Å². The predicted molar refractivity (Wildman–Crippen MR) is 62.8 cm³/mol. The van der Waals surface area contributed by atoms with Gasteiger partial charge in [-0.05, 0) is 26.8 Å². The summed E-state index contributed by atoms with van der Waals surface area (Å²) in [5.74, 6) is -0.318. The van der Waals surface area contributed by atoms with Crippen LogP contribution < -0.4 is 11.1 Å². The molecule has 16 heavy (non-hydrogen) atoms. The number of aromatic nitrogens is 2. The highest BCUT2D eigenvalue weighted by Gasteiger charge is 2.32. The lowest BCUT2D eigenvalue weighted by molar-refractivity contribution is -0.124. The lowest BCUT2D eigenvalue weighted by Gasteiger charge is -2.30. The van der Waals surface area contributed by atoms with Crippen LogP contribution in [0, 0.1) is 0 Å². The van der Waals surface area contributed by atoms with E-state index in [-0.39, 0.29) is 11.9 Å². The molecule has 1 amide bonds. The molecule has 3 N–H and O–H groups in total. The molecule has 2 atom stereocenters. The fourth-order valence-corrected chi connectivity index (χ4v) is 1.88. The van der Waals surface area contributed by atoms with Gasteiger partial charge < -0.3 is 15.6 Å². The zero-order valence-electron chi connectivity index (χ0n) is 10.1. The van der Waals surface area contributed by atoms with Crippen molar-refractivity contribution < 1.29 is 4.79 Å². The molecule has 0 fully saturated rings. The van der Waals surface area contributed by atoms with Crippen molar-refractivity contribution in [2.75, 3.05) is 6.54 Å². The molecule has 0 aliphatic rings. The van der Waals surface area contributed by atoms with Gasteiger partial charge in [0.15, 0.2) is 0 Å². The fraction of sp³-hybridized carbons (Fsp3) is 0.636. The predicted octanol–water partition coefficient (Wildman–Crippen LogP) is 0.688. The Bertz CT molecular complexity index is 336. The summed E-state index contributed by atoms with van der Waals surface area (Å²) in [7, 11) is 0. The van der Waals surface area contributed by atoms with Crippen LogP contribution in [0.2, 0.25) is 0 Å². The Balaban J connectivity index is 2.72. The van der Waals surface area contributed by atoms with Gasteiger partial charge in [-0.15, -0.1) is 0 Å². The number of likely N-dealkylation sites (N-methyl/N-ethyl adjacent to an activating group) is 1. The Morgan fingerprint density at radius 1 is 1.69 bits per heavy atom. The van der Waals surface area contributed by atoms with Crippen molar-refractivity contribution in [1.29, 1.82) is 0 Å². The van der Waals surface area contributed by atoms with Gasteiger partial charge in [-0.2, -0.15) is 0 Å².